The van der Waals surface area contributed by atoms with Gasteiger partial charge in [0.15, 0.2) is 5.82 Å². The van der Waals surface area contributed by atoms with Gasteiger partial charge in [0.1, 0.15) is 17.8 Å². The minimum atomic E-state index is -0.0756. The fourth-order valence-corrected chi connectivity index (χ4v) is 9.84. The number of benzene rings is 3. The van der Waals surface area contributed by atoms with E-state index >= 15 is 4.79 Å². The summed E-state index contributed by atoms with van der Waals surface area (Å²) in [5.41, 5.74) is 11.4. The highest BCUT2D eigenvalue weighted by molar-refractivity contribution is 6.35. The summed E-state index contributed by atoms with van der Waals surface area (Å²) in [6.07, 6.45) is 7.73. The highest BCUT2D eigenvalue weighted by Gasteiger charge is 2.38. The monoisotopic (exact) mass is 831 g/mol. The lowest BCUT2D eigenvalue weighted by atomic mass is 9.98. The van der Waals surface area contributed by atoms with Gasteiger partial charge in [0.05, 0.1) is 34.0 Å². The molecule has 13 heteroatoms. The van der Waals surface area contributed by atoms with Crippen LogP contribution in [-0.2, 0) is 27.1 Å². The van der Waals surface area contributed by atoms with E-state index in [1.165, 1.54) is 12.8 Å². The first-order valence-corrected chi connectivity index (χ1v) is 21.4. The zero-order valence-corrected chi connectivity index (χ0v) is 36.5. The Kier molecular flexibility index (Phi) is 10.3. The van der Waals surface area contributed by atoms with Crippen LogP contribution >= 0.6 is 23.2 Å². The molecule has 1 fully saturated rings. The first kappa shape index (κ1) is 39.4. The zero-order valence-electron chi connectivity index (χ0n) is 34.9. The van der Waals surface area contributed by atoms with E-state index in [2.05, 4.69) is 68.4 Å². The normalized spacial score (nSPS) is 16.0. The third-order valence-electron chi connectivity index (χ3n) is 12.4. The van der Waals surface area contributed by atoms with Crippen LogP contribution < -0.4 is 9.64 Å². The SMILES string of the molecule is Cc1cc(OCCCc2c3n(c4c(-c5c(C)nn(C)c5C)c(Cl)ccc24)[C@H](C)CN(c2cn(CCN4CCCC4)c4ccc(-c5ncn(C)n5)cc24)C3=O)cc(C)c1Cl. The summed E-state index contributed by atoms with van der Waals surface area (Å²) < 4.78 is 14.5. The molecule has 0 N–H and O–H groups in total. The Morgan fingerprint density at radius 2 is 1.66 bits per heavy atom. The Morgan fingerprint density at radius 1 is 0.898 bits per heavy atom. The Balaban J connectivity index is 1.17. The average Bonchev–Trinajstić information content (AvgIpc) is 4.05. The van der Waals surface area contributed by atoms with Crippen LogP contribution in [0.5, 0.6) is 5.75 Å². The standard InChI is InChI=1S/C46H51Cl2N9O2/c1-27-21-33(22-28(2)42(27)48)59-20-10-11-34-35-13-14-37(47)41(40-30(4)50-53(7)31(40)5)43(35)57-29(3)24-56(46(58)44(34)57)39-25-55(19-18-54-16-8-9-17-54)38-15-12-32(23-36(38)39)45-49-26-52(6)51-45/h12-15,21-23,25-26,29H,8-11,16-20,24H2,1-7H3/t29-/m1/s1. The lowest BCUT2D eigenvalue weighted by Gasteiger charge is -2.34. The van der Waals surface area contributed by atoms with E-state index in [1.54, 1.807) is 11.0 Å². The van der Waals surface area contributed by atoms with Crippen LogP contribution in [0, 0.1) is 27.7 Å². The van der Waals surface area contributed by atoms with Crippen LogP contribution in [0.25, 0.3) is 44.3 Å². The van der Waals surface area contributed by atoms with E-state index < -0.39 is 0 Å². The Labute approximate surface area is 355 Å². The number of amides is 1. The summed E-state index contributed by atoms with van der Waals surface area (Å²) in [7, 11) is 3.84. The molecule has 59 heavy (non-hydrogen) atoms. The largest absolute Gasteiger partial charge is 0.494 e. The molecule has 1 amide bonds. The Morgan fingerprint density at radius 3 is 2.36 bits per heavy atom. The van der Waals surface area contributed by atoms with Gasteiger partial charge in [-0.1, -0.05) is 29.3 Å². The average molecular weight is 833 g/mol. The number of likely N-dealkylation sites (tertiary alicyclic amines) is 1. The van der Waals surface area contributed by atoms with Crippen LogP contribution in [0.2, 0.25) is 10.0 Å². The second-order valence-corrected chi connectivity index (χ2v) is 17.3. The molecule has 0 spiro atoms. The van der Waals surface area contributed by atoms with Gasteiger partial charge in [-0.05, 0) is 126 Å². The summed E-state index contributed by atoms with van der Waals surface area (Å²) in [5.74, 6) is 1.42. The quantitative estimate of drug-likeness (QED) is 0.121. The van der Waals surface area contributed by atoms with E-state index in [4.69, 9.17) is 33.0 Å². The molecule has 11 nitrogen and oxygen atoms in total. The van der Waals surface area contributed by atoms with Crippen LogP contribution in [0.15, 0.2) is 55.0 Å². The second-order valence-electron chi connectivity index (χ2n) is 16.5. The van der Waals surface area contributed by atoms with Crippen molar-refractivity contribution in [3.8, 4) is 28.3 Å². The molecule has 4 aromatic heterocycles. The van der Waals surface area contributed by atoms with Gasteiger partial charge in [0.25, 0.3) is 5.91 Å². The second kappa shape index (κ2) is 15.5. The van der Waals surface area contributed by atoms with Crippen molar-refractivity contribution in [2.24, 2.45) is 14.1 Å². The molecule has 3 aromatic carbocycles. The molecular formula is C46H51Cl2N9O2. The number of rotatable bonds is 11. The van der Waals surface area contributed by atoms with Crippen molar-refractivity contribution in [1.82, 2.24) is 38.6 Å². The van der Waals surface area contributed by atoms with Gasteiger partial charge in [-0.15, -0.1) is 0 Å². The van der Waals surface area contributed by atoms with Gasteiger partial charge in [0.2, 0.25) is 0 Å². The molecule has 2 aliphatic rings. The maximum atomic E-state index is 15.5. The lowest BCUT2D eigenvalue weighted by molar-refractivity contribution is 0.0957. The highest BCUT2D eigenvalue weighted by Crippen LogP contribution is 2.46. The topological polar surface area (TPSA) is 91.2 Å². The predicted molar refractivity (Wildman–Crippen MR) is 237 cm³/mol. The zero-order chi connectivity index (χ0) is 41.3. The summed E-state index contributed by atoms with van der Waals surface area (Å²) in [6.45, 7) is 15.3. The number of aromatic nitrogens is 7. The fourth-order valence-electron chi connectivity index (χ4n) is 9.48. The first-order valence-electron chi connectivity index (χ1n) is 20.7. The molecule has 2 aliphatic heterocycles. The van der Waals surface area contributed by atoms with Gasteiger partial charge in [-0.25, -0.2) is 4.98 Å². The summed E-state index contributed by atoms with van der Waals surface area (Å²) >= 11 is 13.7. The van der Waals surface area contributed by atoms with Gasteiger partial charge >= 0.3 is 0 Å². The summed E-state index contributed by atoms with van der Waals surface area (Å²) in [5, 5.41) is 12.8. The van der Waals surface area contributed by atoms with E-state index in [1.807, 2.05) is 62.6 Å². The van der Waals surface area contributed by atoms with E-state index in [0.717, 1.165) is 109 Å². The van der Waals surface area contributed by atoms with Crippen LogP contribution in [0.4, 0.5) is 5.69 Å². The van der Waals surface area contributed by atoms with Crippen LogP contribution in [0.1, 0.15) is 70.8 Å². The molecule has 306 valence electrons. The van der Waals surface area contributed by atoms with Crippen molar-refractivity contribution < 1.29 is 9.53 Å². The number of anilines is 1. The number of hydrogen-bond donors (Lipinski definition) is 0. The Bertz CT molecular complexity index is 2740. The van der Waals surface area contributed by atoms with E-state index in [-0.39, 0.29) is 11.9 Å². The maximum absolute atomic E-state index is 15.5. The van der Waals surface area contributed by atoms with Crippen LogP contribution in [0.3, 0.4) is 0 Å². The molecule has 9 rings (SSSR count). The number of fused-ring (bicyclic) bond motifs is 4. The van der Waals surface area contributed by atoms with Gasteiger partial charge in [-0.3, -0.25) is 14.2 Å². The number of hydrogen-bond acceptors (Lipinski definition) is 6. The molecular weight excluding hydrogens is 781 g/mol. The van der Waals surface area contributed by atoms with Crippen molar-refractivity contribution in [3.63, 3.8) is 0 Å². The third-order valence-corrected chi connectivity index (χ3v) is 13.3. The minimum absolute atomic E-state index is 0.0270. The van der Waals surface area contributed by atoms with Crippen molar-refractivity contribution in [3.05, 3.63) is 98.8 Å². The summed E-state index contributed by atoms with van der Waals surface area (Å²) in [4.78, 5) is 24.6. The van der Waals surface area contributed by atoms with Crippen molar-refractivity contribution in [1.29, 1.82) is 0 Å². The molecule has 6 heterocycles. The number of carbonyl (C=O) groups is 1. The molecule has 1 atom stereocenters. The van der Waals surface area contributed by atoms with Crippen molar-refractivity contribution >= 4 is 56.6 Å². The lowest BCUT2D eigenvalue weighted by Crippen LogP contribution is -2.42. The smallest absolute Gasteiger partial charge is 0.275 e. The number of aryl methyl sites for hydroxylation is 6. The van der Waals surface area contributed by atoms with Gasteiger partial charge in [-0.2, -0.15) is 10.2 Å². The van der Waals surface area contributed by atoms with Crippen molar-refractivity contribution in [2.75, 3.05) is 37.7 Å². The molecule has 1 saturated heterocycles. The molecule has 0 aliphatic carbocycles. The first-order chi connectivity index (χ1) is 28.4. The maximum Gasteiger partial charge on any atom is 0.275 e. The molecule has 0 bridgehead atoms. The summed E-state index contributed by atoms with van der Waals surface area (Å²) in [6, 6.07) is 14.4. The van der Waals surface area contributed by atoms with E-state index in [0.29, 0.717) is 42.5 Å². The third kappa shape index (κ3) is 6.90. The van der Waals surface area contributed by atoms with Gasteiger partial charge in [0, 0.05) is 84.1 Å². The number of halogens is 2. The number of ether oxygens (including phenoxy) is 1. The molecule has 7 aromatic rings. The van der Waals surface area contributed by atoms with Crippen molar-refractivity contribution in [2.45, 2.75) is 72.9 Å². The Hall–Kier alpha value is -5.10. The minimum Gasteiger partial charge on any atom is -0.494 e. The number of nitrogens with zero attached hydrogens (tertiary/aromatic N) is 9. The number of carbonyl (C=O) groups excluding carboxylic acids is 1. The van der Waals surface area contributed by atoms with E-state index in [9.17, 15) is 0 Å². The predicted octanol–water partition coefficient (Wildman–Crippen LogP) is 9.66. The van der Waals surface area contributed by atoms with Gasteiger partial charge < -0.3 is 23.7 Å². The fraction of sp³-hybridized carbons (Fsp3) is 0.391. The molecule has 0 radical (unpaired) electrons. The molecule has 0 saturated carbocycles. The highest BCUT2D eigenvalue weighted by atomic mass is 35.5. The van der Waals surface area contributed by atoms with Crippen LogP contribution in [-0.4, -0.2) is 77.3 Å². The molecule has 0 unspecified atom stereocenters.